The van der Waals surface area contributed by atoms with Crippen LogP contribution in [0.3, 0.4) is 0 Å². The van der Waals surface area contributed by atoms with Crippen LogP contribution in [0.5, 0.6) is 0 Å². The van der Waals surface area contributed by atoms with Gasteiger partial charge in [-0.15, -0.1) is 11.3 Å². The Hall–Kier alpha value is -0.0600. The Labute approximate surface area is 125 Å². The SMILES string of the molecule is O=C(NCC1CCCCC1CBr)c1ccc(Cl)s1. The Morgan fingerprint density at radius 1 is 1.39 bits per heavy atom. The van der Waals surface area contributed by atoms with Gasteiger partial charge in [0.25, 0.3) is 5.91 Å². The zero-order valence-electron chi connectivity index (χ0n) is 10.1. The van der Waals surface area contributed by atoms with Crippen LogP contribution >= 0.6 is 38.9 Å². The molecule has 1 heterocycles. The van der Waals surface area contributed by atoms with Gasteiger partial charge in [0, 0.05) is 11.9 Å². The van der Waals surface area contributed by atoms with Gasteiger partial charge in [-0.25, -0.2) is 0 Å². The molecule has 1 aliphatic carbocycles. The first-order valence-electron chi connectivity index (χ1n) is 6.30. The molecule has 2 unspecified atom stereocenters. The second-order valence-electron chi connectivity index (χ2n) is 4.77. The Kier molecular flexibility index (Phi) is 5.52. The molecule has 1 saturated carbocycles. The van der Waals surface area contributed by atoms with E-state index in [0.717, 1.165) is 11.9 Å². The minimum Gasteiger partial charge on any atom is -0.351 e. The minimum atomic E-state index is 0.00537. The summed E-state index contributed by atoms with van der Waals surface area (Å²) in [6, 6.07) is 3.55. The van der Waals surface area contributed by atoms with Crippen LogP contribution in [0, 0.1) is 11.8 Å². The molecule has 2 rings (SSSR count). The summed E-state index contributed by atoms with van der Waals surface area (Å²) in [7, 11) is 0. The molecule has 2 nitrogen and oxygen atoms in total. The van der Waals surface area contributed by atoms with Gasteiger partial charge in [-0.05, 0) is 36.8 Å². The largest absolute Gasteiger partial charge is 0.351 e. The second-order valence-corrected chi connectivity index (χ2v) is 7.14. The molecule has 1 N–H and O–H groups in total. The van der Waals surface area contributed by atoms with E-state index in [0.29, 0.717) is 21.0 Å². The molecule has 2 atom stereocenters. The van der Waals surface area contributed by atoms with E-state index in [1.165, 1.54) is 37.0 Å². The lowest BCUT2D eigenvalue weighted by Crippen LogP contribution is -2.34. The van der Waals surface area contributed by atoms with Gasteiger partial charge in [-0.2, -0.15) is 0 Å². The van der Waals surface area contributed by atoms with Crippen LogP contribution < -0.4 is 5.32 Å². The molecule has 1 aromatic rings. The summed E-state index contributed by atoms with van der Waals surface area (Å²) in [4.78, 5) is 12.6. The number of amides is 1. The highest BCUT2D eigenvalue weighted by Gasteiger charge is 2.24. The van der Waals surface area contributed by atoms with Gasteiger partial charge in [0.1, 0.15) is 0 Å². The lowest BCUT2D eigenvalue weighted by Gasteiger charge is -2.30. The van der Waals surface area contributed by atoms with E-state index >= 15 is 0 Å². The Bertz CT molecular complexity index is 409. The lowest BCUT2D eigenvalue weighted by atomic mass is 9.80. The molecule has 1 fully saturated rings. The van der Waals surface area contributed by atoms with E-state index < -0.39 is 0 Å². The molecule has 0 saturated heterocycles. The van der Waals surface area contributed by atoms with E-state index in [9.17, 15) is 4.79 Å². The number of rotatable bonds is 4. The van der Waals surface area contributed by atoms with Gasteiger partial charge < -0.3 is 5.32 Å². The number of nitrogens with one attached hydrogen (secondary N) is 1. The number of alkyl halides is 1. The topological polar surface area (TPSA) is 29.1 Å². The van der Waals surface area contributed by atoms with E-state index in [-0.39, 0.29) is 5.91 Å². The van der Waals surface area contributed by atoms with Crippen LogP contribution in [0.4, 0.5) is 0 Å². The van der Waals surface area contributed by atoms with Crippen molar-refractivity contribution in [1.82, 2.24) is 5.32 Å². The van der Waals surface area contributed by atoms with Crippen molar-refractivity contribution in [3.63, 3.8) is 0 Å². The van der Waals surface area contributed by atoms with Crippen molar-refractivity contribution in [2.75, 3.05) is 11.9 Å². The van der Waals surface area contributed by atoms with Crippen molar-refractivity contribution in [3.8, 4) is 0 Å². The normalized spacial score (nSPS) is 23.9. The van der Waals surface area contributed by atoms with Crippen LogP contribution in [0.2, 0.25) is 4.34 Å². The molecule has 1 aliphatic rings. The Morgan fingerprint density at radius 3 is 2.72 bits per heavy atom. The van der Waals surface area contributed by atoms with Crippen LogP contribution in [0.15, 0.2) is 12.1 Å². The molecule has 18 heavy (non-hydrogen) atoms. The van der Waals surface area contributed by atoms with E-state index in [1.807, 2.05) is 0 Å². The van der Waals surface area contributed by atoms with Crippen molar-refractivity contribution in [3.05, 3.63) is 21.3 Å². The highest BCUT2D eigenvalue weighted by molar-refractivity contribution is 9.09. The molecule has 0 aliphatic heterocycles. The van der Waals surface area contributed by atoms with Crippen molar-refractivity contribution >= 4 is 44.8 Å². The Balaban J connectivity index is 1.85. The minimum absolute atomic E-state index is 0.00537. The van der Waals surface area contributed by atoms with Crippen LogP contribution in [-0.4, -0.2) is 17.8 Å². The summed E-state index contributed by atoms with van der Waals surface area (Å²) in [5.41, 5.74) is 0. The molecule has 0 spiro atoms. The van der Waals surface area contributed by atoms with Gasteiger partial charge in [0.15, 0.2) is 0 Å². The van der Waals surface area contributed by atoms with Gasteiger partial charge in [-0.3, -0.25) is 4.79 Å². The van der Waals surface area contributed by atoms with E-state index in [2.05, 4.69) is 21.2 Å². The summed E-state index contributed by atoms with van der Waals surface area (Å²) >= 11 is 10.7. The average Bonchev–Trinajstić information content (AvgIpc) is 2.83. The van der Waals surface area contributed by atoms with E-state index in [4.69, 9.17) is 11.6 Å². The zero-order chi connectivity index (χ0) is 13.0. The fourth-order valence-electron chi connectivity index (χ4n) is 2.50. The number of hydrogen-bond acceptors (Lipinski definition) is 2. The molecule has 1 amide bonds. The van der Waals surface area contributed by atoms with Gasteiger partial charge >= 0.3 is 0 Å². The number of thiophene rings is 1. The first-order valence-corrected chi connectivity index (χ1v) is 8.62. The fourth-order valence-corrected chi connectivity index (χ4v) is 4.32. The van der Waals surface area contributed by atoms with Crippen molar-refractivity contribution in [1.29, 1.82) is 0 Å². The maximum Gasteiger partial charge on any atom is 0.261 e. The fraction of sp³-hybridized carbons (Fsp3) is 0.615. The third-order valence-electron chi connectivity index (χ3n) is 3.59. The lowest BCUT2D eigenvalue weighted by molar-refractivity contribution is 0.0941. The molecule has 5 heteroatoms. The predicted octanol–water partition coefficient (Wildman–Crippen LogP) is 4.33. The summed E-state index contributed by atoms with van der Waals surface area (Å²) in [6.07, 6.45) is 5.11. The number of hydrogen-bond donors (Lipinski definition) is 1. The average molecular weight is 351 g/mol. The first-order chi connectivity index (χ1) is 8.70. The smallest absolute Gasteiger partial charge is 0.261 e. The number of carbonyl (C=O) groups is 1. The summed E-state index contributed by atoms with van der Waals surface area (Å²) in [5.74, 6) is 1.31. The number of carbonyl (C=O) groups excluding carboxylic acids is 1. The molecule has 0 bridgehead atoms. The Morgan fingerprint density at radius 2 is 2.11 bits per heavy atom. The predicted molar refractivity (Wildman–Crippen MR) is 80.9 cm³/mol. The molecule has 0 radical (unpaired) electrons. The highest BCUT2D eigenvalue weighted by Crippen LogP contribution is 2.31. The van der Waals surface area contributed by atoms with Crippen LogP contribution in [0.25, 0.3) is 0 Å². The first kappa shape index (κ1) is 14.4. The summed E-state index contributed by atoms with van der Waals surface area (Å²) < 4.78 is 0.663. The van der Waals surface area contributed by atoms with Crippen LogP contribution in [0.1, 0.15) is 35.4 Å². The van der Waals surface area contributed by atoms with Gasteiger partial charge in [0.2, 0.25) is 0 Å². The van der Waals surface area contributed by atoms with Crippen molar-refractivity contribution in [2.24, 2.45) is 11.8 Å². The van der Waals surface area contributed by atoms with E-state index in [1.54, 1.807) is 12.1 Å². The molecular formula is C13H17BrClNOS. The maximum absolute atomic E-state index is 11.9. The van der Waals surface area contributed by atoms with Crippen LogP contribution in [-0.2, 0) is 0 Å². The molecule has 0 aromatic carbocycles. The summed E-state index contributed by atoms with van der Waals surface area (Å²) in [5, 5.41) is 4.08. The maximum atomic E-state index is 11.9. The monoisotopic (exact) mass is 349 g/mol. The summed E-state index contributed by atoms with van der Waals surface area (Å²) in [6.45, 7) is 0.782. The molecule has 1 aromatic heterocycles. The zero-order valence-corrected chi connectivity index (χ0v) is 13.3. The second kappa shape index (κ2) is 6.92. The van der Waals surface area contributed by atoms with Crippen molar-refractivity contribution < 1.29 is 4.79 Å². The quantitative estimate of drug-likeness (QED) is 0.804. The highest BCUT2D eigenvalue weighted by atomic mass is 79.9. The third-order valence-corrected chi connectivity index (χ3v) is 5.65. The molecule has 100 valence electrons. The van der Waals surface area contributed by atoms with Crippen molar-refractivity contribution in [2.45, 2.75) is 25.7 Å². The number of halogens is 2. The standard InChI is InChI=1S/C13H17BrClNOS/c14-7-9-3-1-2-4-10(9)8-16-13(17)11-5-6-12(15)18-11/h5-6,9-10H,1-4,7-8H2,(H,16,17). The third kappa shape index (κ3) is 3.72. The molecular weight excluding hydrogens is 334 g/mol. The van der Waals surface area contributed by atoms with Gasteiger partial charge in [-0.1, -0.05) is 40.4 Å². The van der Waals surface area contributed by atoms with Gasteiger partial charge in [0.05, 0.1) is 9.21 Å².